The molecule has 7 nitrogen and oxygen atoms in total. The summed E-state index contributed by atoms with van der Waals surface area (Å²) in [5.41, 5.74) is 1.64. The first kappa shape index (κ1) is 14.0. The predicted octanol–water partition coefficient (Wildman–Crippen LogP) is 0.293. The van der Waals surface area contributed by atoms with Gasteiger partial charge in [-0.1, -0.05) is 0 Å². The molecule has 1 aromatic carbocycles. The molecule has 2 aromatic rings. The third-order valence-electron chi connectivity index (χ3n) is 2.36. The number of hydrogen-bond acceptors (Lipinski definition) is 5. The Morgan fingerprint density at radius 1 is 1.37 bits per heavy atom. The van der Waals surface area contributed by atoms with E-state index in [2.05, 4.69) is 12.7 Å². The molecular formula is C10H11N3O4SSe. The van der Waals surface area contributed by atoms with E-state index >= 15 is 0 Å². The summed E-state index contributed by atoms with van der Waals surface area (Å²) in [6.45, 7) is 0. The molecule has 0 amide bonds. The van der Waals surface area contributed by atoms with Crippen LogP contribution in [0.15, 0.2) is 18.2 Å². The van der Waals surface area contributed by atoms with Crippen molar-refractivity contribution in [3.05, 3.63) is 18.2 Å². The molecule has 2 N–H and O–H groups in total. The van der Waals surface area contributed by atoms with Crippen LogP contribution >= 0.6 is 0 Å². The number of fused-ring (bicyclic) bond motifs is 1. The molecule has 0 radical (unpaired) electrons. The summed E-state index contributed by atoms with van der Waals surface area (Å²) in [5, 5.41) is 8.49. The molecule has 0 unspecified atom stereocenters. The second kappa shape index (κ2) is 5.68. The molecule has 0 saturated carbocycles. The molecule has 0 aliphatic carbocycles. The Bertz CT molecular complexity index is 698. The van der Waals surface area contributed by atoms with Crippen molar-refractivity contribution in [2.45, 2.75) is 12.8 Å². The fourth-order valence-corrected chi connectivity index (χ4v) is 3.80. The fourth-order valence-electron chi connectivity index (χ4n) is 1.52. The minimum absolute atomic E-state index is 0.0745. The van der Waals surface area contributed by atoms with Crippen LogP contribution in [0.4, 0.5) is 5.69 Å². The Morgan fingerprint density at radius 2 is 2.16 bits per heavy atom. The number of aliphatic carboxylic acids is 1. The SMILES string of the molecule is O=C(O)CCCS(=O)(=O)Nc1cccc2n[se]nc12. The number of sulfonamides is 1. The number of carbonyl (C=O) groups is 1. The number of carboxylic acids is 1. The van der Waals surface area contributed by atoms with Gasteiger partial charge in [0.25, 0.3) is 0 Å². The van der Waals surface area contributed by atoms with Gasteiger partial charge in [-0.15, -0.1) is 0 Å². The predicted molar refractivity (Wildman–Crippen MR) is 70.8 cm³/mol. The van der Waals surface area contributed by atoms with Crippen LogP contribution in [0, 0.1) is 0 Å². The molecule has 9 heteroatoms. The summed E-state index contributed by atoms with van der Waals surface area (Å²) in [7, 11) is -3.56. The summed E-state index contributed by atoms with van der Waals surface area (Å²) in [4.78, 5) is 10.4. The van der Waals surface area contributed by atoms with Crippen molar-refractivity contribution < 1.29 is 18.3 Å². The Kier molecular flexibility index (Phi) is 4.18. The Labute approximate surface area is 115 Å². The van der Waals surface area contributed by atoms with Crippen molar-refractivity contribution in [2.75, 3.05) is 10.5 Å². The third kappa shape index (κ3) is 3.76. The Hall–Kier alpha value is -1.44. The van der Waals surface area contributed by atoms with Crippen LogP contribution in [-0.4, -0.2) is 48.2 Å². The molecule has 0 aliphatic rings. The number of benzene rings is 1. The van der Waals surface area contributed by atoms with Crippen LogP contribution in [0.1, 0.15) is 12.8 Å². The molecule has 0 spiro atoms. The van der Waals surface area contributed by atoms with Crippen molar-refractivity contribution in [1.29, 1.82) is 0 Å². The van der Waals surface area contributed by atoms with Gasteiger partial charge in [0.15, 0.2) is 0 Å². The zero-order chi connectivity index (χ0) is 13.9. The first-order valence-corrected chi connectivity index (χ1v) is 8.60. The average Bonchev–Trinajstić information content (AvgIpc) is 2.76. The molecular weight excluding hydrogens is 337 g/mol. The number of rotatable bonds is 6. The van der Waals surface area contributed by atoms with E-state index in [-0.39, 0.29) is 33.6 Å². The van der Waals surface area contributed by atoms with Crippen LogP contribution in [-0.2, 0) is 14.8 Å². The van der Waals surface area contributed by atoms with Crippen molar-refractivity contribution in [1.82, 2.24) is 7.96 Å². The standard InChI is InChI=1S/C10H11N3O4SSe/c14-9(15)5-2-6-18(16,17)11-7-3-1-4-8-10(7)13-19-12-8/h1,3-4,11H,2,5-6H2,(H,14,15). The Morgan fingerprint density at radius 3 is 2.89 bits per heavy atom. The number of nitrogens with zero attached hydrogens (tertiary/aromatic N) is 2. The van der Waals surface area contributed by atoms with E-state index in [9.17, 15) is 13.2 Å². The number of nitrogens with one attached hydrogen (secondary N) is 1. The van der Waals surface area contributed by atoms with Crippen molar-refractivity contribution in [3.63, 3.8) is 0 Å². The summed E-state index contributed by atoms with van der Waals surface area (Å²) in [5.74, 6) is -1.24. The van der Waals surface area contributed by atoms with E-state index in [0.29, 0.717) is 16.7 Å². The van der Waals surface area contributed by atoms with Crippen molar-refractivity contribution >= 4 is 47.7 Å². The number of carboxylic acid groups (broad SMARTS) is 1. The molecule has 0 atom stereocenters. The zero-order valence-electron chi connectivity index (χ0n) is 9.74. The summed E-state index contributed by atoms with van der Waals surface area (Å²) in [6.07, 6.45) is -0.0955. The van der Waals surface area contributed by atoms with Crippen molar-refractivity contribution in [3.8, 4) is 0 Å². The van der Waals surface area contributed by atoms with Crippen molar-refractivity contribution in [2.24, 2.45) is 0 Å². The zero-order valence-corrected chi connectivity index (χ0v) is 12.3. The number of aromatic nitrogens is 2. The summed E-state index contributed by atoms with van der Waals surface area (Å²) in [6, 6.07) is 5.10. The molecule has 0 saturated heterocycles. The molecule has 0 fully saturated rings. The van der Waals surface area contributed by atoms with Gasteiger partial charge in [0.1, 0.15) is 0 Å². The van der Waals surface area contributed by atoms with E-state index < -0.39 is 16.0 Å². The van der Waals surface area contributed by atoms with Gasteiger partial charge in [-0.3, -0.25) is 0 Å². The maximum atomic E-state index is 11.8. The van der Waals surface area contributed by atoms with E-state index in [1.54, 1.807) is 18.2 Å². The first-order chi connectivity index (χ1) is 8.98. The third-order valence-corrected chi connectivity index (χ3v) is 4.85. The van der Waals surface area contributed by atoms with Gasteiger partial charge in [-0.2, -0.15) is 0 Å². The first-order valence-electron chi connectivity index (χ1n) is 5.41. The average molecular weight is 348 g/mol. The summed E-state index contributed by atoms with van der Waals surface area (Å²) < 4.78 is 34.4. The van der Waals surface area contributed by atoms with E-state index in [1.807, 2.05) is 0 Å². The van der Waals surface area contributed by atoms with E-state index in [0.717, 1.165) is 0 Å². The van der Waals surface area contributed by atoms with Gasteiger partial charge >= 0.3 is 115 Å². The molecule has 2 rings (SSSR count). The molecule has 1 aromatic heterocycles. The van der Waals surface area contributed by atoms with Gasteiger partial charge in [-0.25, -0.2) is 0 Å². The fraction of sp³-hybridized carbons (Fsp3) is 0.300. The number of anilines is 1. The molecule has 0 bridgehead atoms. The van der Waals surface area contributed by atoms with Gasteiger partial charge < -0.3 is 0 Å². The van der Waals surface area contributed by atoms with Gasteiger partial charge in [0.05, 0.1) is 0 Å². The topological polar surface area (TPSA) is 109 Å². The number of hydrogen-bond donors (Lipinski definition) is 2. The normalized spacial score (nSPS) is 11.6. The minimum atomic E-state index is -3.56. The monoisotopic (exact) mass is 349 g/mol. The Balaban J connectivity index is 2.11. The summed E-state index contributed by atoms with van der Waals surface area (Å²) >= 11 is -0.229. The van der Waals surface area contributed by atoms with Crippen LogP contribution in [0.2, 0.25) is 0 Å². The second-order valence-electron chi connectivity index (χ2n) is 3.86. The quantitative estimate of drug-likeness (QED) is 0.727. The second-order valence-corrected chi connectivity index (χ2v) is 6.81. The molecule has 19 heavy (non-hydrogen) atoms. The maximum absolute atomic E-state index is 11.8. The molecule has 1 heterocycles. The molecule has 102 valence electrons. The van der Waals surface area contributed by atoms with Gasteiger partial charge in [-0.05, 0) is 0 Å². The molecule has 0 aliphatic heterocycles. The van der Waals surface area contributed by atoms with E-state index in [1.165, 1.54) is 0 Å². The van der Waals surface area contributed by atoms with E-state index in [4.69, 9.17) is 5.11 Å². The van der Waals surface area contributed by atoms with Gasteiger partial charge in [0.2, 0.25) is 0 Å². The van der Waals surface area contributed by atoms with Crippen LogP contribution in [0.3, 0.4) is 0 Å². The van der Waals surface area contributed by atoms with Crippen LogP contribution in [0.25, 0.3) is 11.0 Å². The van der Waals surface area contributed by atoms with Gasteiger partial charge in [0, 0.05) is 0 Å². The van der Waals surface area contributed by atoms with Crippen LogP contribution < -0.4 is 4.72 Å². The van der Waals surface area contributed by atoms with Crippen LogP contribution in [0.5, 0.6) is 0 Å².